The highest BCUT2D eigenvalue weighted by Crippen LogP contribution is 2.28. The summed E-state index contributed by atoms with van der Waals surface area (Å²) in [7, 11) is 1.24. The van der Waals surface area contributed by atoms with Gasteiger partial charge in [-0.05, 0) is 71.8 Å². The Labute approximate surface area is 333 Å². The number of aliphatic carboxylic acids is 1. The van der Waals surface area contributed by atoms with Gasteiger partial charge >= 0.3 is 11.9 Å². The zero-order chi connectivity index (χ0) is 40.9. The van der Waals surface area contributed by atoms with Crippen LogP contribution in [0.25, 0.3) is 0 Å². The molecule has 6 rings (SSSR count). The molecular formula is C41H30Cl2F4N2O8. The van der Waals surface area contributed by atoms with Crippen LogP contribution in [-0.2, 0) is 40.4 Å². The molecule has 294 valence electrons. The fourth-order valence-corrected chi connectivity index (χ4v) is 5.13. The number of carboxylic acid groups (broad SMARTS) is 1. The molecule has 0 atom stereocenters. The highest BCUT2D eigenvalue weighted by atomic mass is 35.5. The molecule has 4 aromatic carbocycles. The zero-order valence-corrected chi connectivity index (χ0v) is 31.2. The van der Waals surface area contributed by atoms with Gasteiger partial charge in [0.2, 0.25) is 0 Å². The van der Waals surface area contributed by atoms with Crippen LogP contribution < -0.4 is 18.9 Å². The molecule has 16 heteroatoms. The molecule has 6 aromatic rings. The number of methoxy groups -OCH3 is 1. The summed E-state index contributed by atoms with van der Waals surface area (Å²) >= 11 is 11.4. The Bertz CT molecular complexity index is 2370. The Balaban J connectivity index is 0.000000218. The van der Waals surface area contributed by atoms with Crippen molar-refractivity contribution in [2.75, 3.05) is 7.11 Å². The van der Waals surface area contributed by atoms with E-state index >= 15 is 0 Å². The van der Waals surface area contributed by atoms with E-state index in [1.807, 2.05) is 0 Å². The number of benzene rings is 4. The number of aromatic nitrogens is 2. The average molecular weight is 826 g/mol. The van der Waals surface area contributed by atoms with Crippen molar-refractivity contribution in [2.45, 2.75) is 26.1 Å². The van der Waals surface area contributed by atoms with Gasteiger partial charge in [0.25, 0.3) is 0 Å². The van der Waals surface area contributed by atoms with Crippen molar-refractivity contribution in [3.05, 3.63) is 165 Å². The maximum Gasteiger partial charge on any atom is 0.310 e. The van der Waals surface area contributed by atoms with Crippen LogP contribution in [0.15, 0.2) is 109 Å². The second kappa shape index (κ2) is 20.0. The van der Waals surface area contributed by atoms with E-state index in [9.17, 15) is 27.2 Å². The number of hydrogen-bond acceptors (Lipinski definition) is 9. The molecular weight excluding hydrogens is 795 g/mol. The summed E-state index contributed by atoms with van der Waals surface area (Å²) in [6, 6.07) is 22.6. The van der Waals surface area contributed by atoms with Gasteiger partial charge in [0.05, 0.1) is 31.3 Å². The quantitative estimate of drug-likeness (QED) is 0.0838. The first-order valence-electron chi connectivity index (χ1n) is 16.6. The van der Waals surface area contributed by atoms with E-state index in [4.69, 9.17) is 47.3 Å². The van der Waals surface area contributed by atoms with E-state index in [1.54, 1.807) is 30.3 Å². The number of pyridine rings is 2. The summed E-state index contributed by atoms with van der Waals surface area (Å²) in [5, 5.41) is 9.28. The Morgan fingerprint density at radius 3 is 1.42 bits per heavy atom. The molecule has 0 saturated carbocycles. The molecule has 0 amide bonds. The molecule has 2 heterocycles. The van der Waals surface area contributed by atoms with Gasteiger partial charge in [0.1, 0.15) is 47.8 Å². The molecule has 0 radical (unpaired) electrons. The fourth-order valence-electron chi connectivity index (χ4n) is 4.82. The Hall–Kier alpha value is -6.38. The molecule has 0 aliphatic heterocycles. The summed E-state index contributed by atoms with van der Waals surface area (Å²) in [5.74, 6) is -2.77. The summed E-state index contributed by atoms with van der Waals surface area (Å²) in [6.45, 7) is -0.0101. The number of nitrogens with zero attached hydrogens (tertiary/aromatic N) is 2. The number of esters is 1. The third kappa shape index (κ3) is 12.8. The van der Waals surface area contributed by atoms with Crippen LogP contribution >= 0.6 is 23.2 Å². The van der Waals surface area contributed by atoms with Crippen molar-refractivity contribution in [3.8, 4) is 34.5 Å². The minimum absolute atomic E-state index is 0.00216. The number of halogens is 6. The van der Waals surface area contributed by atoms with Gasteiger partial charge in [-0.1, -0.05) is 35.3 Å². The van der Waals surface area contributed by atoms with E-state index in [2.05, 4.69) is 14.7 Å². The molecule has 0 unspecified atom stereocenters. The van der Waals surface area contributed by atoms with Crippen LogP contribution in [0.5, 0.6) is 34.5 Å². The van der Waals surface area contributed by atoms with Crippen LogP contribution in [0.1, 0.15) is 22.5 Å². The van der Waals surface area contributed by atoms with Gasteiger partial charge in [-0.3, -0.25) is 19.6 Å². The van der Waals surface area contributed by atoms with E-state index in [0.717, 1.165) is 18.2 Å². The molecule has 0 aliphatic carbocycles. The lowest BCUT2D eigenvalue weighted by Gasteiger charge is -2.10. The van der Waals surface area contributed by atoms with Crippen molar-refractivity contribution in [1.82, 2.24) is 9.97 Å². The van der Waals surface area contributed by atoms with Gasteiger partial charge in [-0.25, -0.2) is 17.6 Å². The number of carbonyl (C=O) groups is 2. The average Bonchev–Trinajstić information content (AvgIpc) is 3.17. The monoisotopic (exact) mass is 824 g/mol. The first-order valence-corrected chi connectivity index (χ1v) is 17.4. The molecule has 57 heavy (non-hydrogen) atoms. The van der Waals surface area contributed by atoms with E-state index in [1.165, 1.54) is 68.0 Å². The number of rotatable bonds is 14. The topological polar surface area (TPSA) is 126 Å². The molecule has 2 aromatic heterocycles. The van der Waals surface area contributed by atoms with Crippen LogP contribution in [0.3, 0.4) is 0 Å². The summed E-state index contributed by atoms with van der Waals surface area (Å²) < 4.78 is 82.1. The predicted octanol–water partition coefficient (Wildman–Crippen LogP) is 10.1. The smallest absolute Gasteiger partial charge is 0.310 e. The second-order valence-corrected chi connectivity index (χ2v) is 12.6. The van der Waals surface area contributed by atoms with Gasteiger partial charge < -0.3 is 28.8 Å². The van der Waals surface area contributed by atoms with Crippen molar-refractivity contribution in [3.63, 3.8) is 0 Å². The maximum absolute atomic E-state index is 14.1. The van der Waals surface area contributed by atoms with Gasteiger partial charge in [0, 0.05) is 46.7 Å². The maximum atomic E-state index is 14.1. The molecule has 10 nitrogen and oxygen atoms in total. The molecule has 0 bridgehead atoms. The third-order valence-electron chi connectivity index (χ3n) is 7.54. The zero-order valence-electron chi connectivity index (χ0n) is 29.7. The van der Waals surface area contributed by atoms with Crippen molar-refractivity contribution < 1.29 is 55.9 Å². The fraction of sp³-hybridized carbons (Fsp3) is 0.122. The van der Waals surface area contributed by atoms with Gasteiger partial charge in [0.15, 0.2) is 23.1 Å². The molecule has 1 N–H and O–H groups in total. The van der Waals surface area contributed by atoms with E-state index < -0.39 is 41.6 Å². The minimum atomic E-state index is -1.12. The van der Waals surface area contributed by atoms with Crippen LogP contribution in [0.2, 0.25) is 10.0 Å². The first-order chi connectivity index (χ1) is 27.3. The summed E-state index contributed by atoms with van der Waals surface area (Å²) in [6.07, 6.45) is 2.39. The largest absolute Gasteiger partial charge is 0.484 e. The third-order valence-corrected chi connectivity index (χ3v) is 8.01. The SMILES string of the molecule is COC(=O)Cc1ccc(Oc2ccnc(COc3ccc(Cl)cc3F)c2)cc1F.O=C(O)Cc1ccc(Oc2ccnc(COc3ccc(Cl)cc3F)c2)cc1F. The Kier molecular flexibility index (Phi) is 14.6. The van der Waals surface area contributed by atoms with Gasteiger partial charge in [-0.15, -0.1) is 0 Å². The Morgan fingerprint density at radius 1 is 0.579 bits per heavy atom. The van der Waals surface area contributed by atoms with Crippen molar-refractivity contribution >= 4 is 35.1 Å². The van der Waals surface area contributed by atoms with Crippen LogP contribution in [-0.4, -0.2) is 34.1 Å². The van der Waals surface area contributed by atoms with E-state index in [-0.39, 0.29) is 63.8 Å². The normalized spacial score (nSPS) is 10.5. The van der Waals surface area contributed by atoms with Crippen LogP contribution in [0, 0.1) is 23.3 Å². The molecule has 0 fully saturated rings. The predicted molar refractivity (Wildman–Crippen MR) is 200 cm³/mol. The standard InChI is InChI=1S/C21H16ClF2NO4.C20H14ClF2NO4/c1-27-21(26)8-13-2-4-16(11-18(13)23)29-17-6-7-25-15(10-17)12-28-20-5-3-14(22)9-19(20)24;21-13-2-4-19(18(23)8-13)27-11-14-9-16(5-6-24-14)28-15-3-1-12(7-20(25)26)17(22)10-15/h2-7,9-11H,8,12H2,1H3;1-6,8-10H,7,11H2,(H,25,26). The molecule has 0 aliphatic rings. The number of carbonyl (C=O) groups excluding carboxylic acids is 1. The first kappa shape index (κ1) is 41.8. The number of hydrogen-bond donors (Lipinski definition) is 1. The minimum Gasteiger partial charge on any atom is -0.484 e. The number of carboxylic acids is 1. The lowest BCUT2D eigenvalue weighted by Crippen LogP contribution is -2.06. The van der Waals surface area contributed by atoms with Crippen molar-refractivity contribution in [2.24, 2.45) is 0 Å². The summed E-state index contributed by atoms with van der Waals surface area (Å²) in [4.78, 5) is 30.2. The molecule has 0 saturated heterocycles. The molecule has 0 spiro atoms. The van der Waals surface area contributed by atoms with Crippen molar-refractivity contribution in [1.29, 1.82) is 0 Å². The van der Waals surface area contributed by atoms with Gasteiger partial charge in [-0.2, -0.15) is 0 Å². The number of ether oxygens (including phenoxy) is 5. The lowest BCUT2D eigenvalue weighted by molar-refractivity contribution is -0.140. The Morgan fingerprint density at radius 2 is 1.02 bits per heavy atom. The highest BCUT2D eigenvalue weighted by Gasteiger charge is 2.13. The van der Waals surface area contributed by atoms with E-state index in [0.29, 0.717) is 22.9 Å². The lowest BCUT2D eigenvalue weighted by atomic mass is 10.1. The summed E-state index contributed by atoms with van der Waals surface area (Å²) in [5.41, 5.74) is 1.22. The van der Waals surface area contributed by atoms with Crippen LogP contribution in [0.4, 0.5) is 17.6 Å². The second-order valence-electron chi connectivity index (χ2n) is 11.7. The highest BCUT2D eigenvalue weighted by molar-refractivity contribution is 6.30.